The molecule has 2 heterocycles. The molecule has 1 aliphatic heterocycles. The second-order valence-corrected chi connectivity index (χ2v) is 5.14. The Bertz CT molecular complexity index is 591. The molecule has 2 unspecified atom stereocenters. The van der Waals surface area contributed by atoms with Crippen molar-refractivity contribution in [1.29, 1.82) is 0 Å². The molecule has 2 atom stereocenters. The lowest BCUT2D eigenvalue weighted by molar-refractivity contribution is 0.360. The Morgan fingerprint density at radius 2 is 2.21 bits per heavy atom. The van der Waals surface area contributed by atoms with Gasteiger partial charge in [0.25, 0.3) is 0 Å². The number of anilines is 1. The van der Waals surface area contributed by atoms with Gasteiger partial charge in [0.2, 0.25) is 0 Å². The van der Waals surface area contributed by atoms with Crippen LogP contribution in [0.5, 0.6) is 0 Å². The third kappa shape index (κ3) is 2.01. The van der Waals surface area contributed by atoms with E-state index in [4.69, 9.17) is 0 Å². The first-order chi connectivity index (χ1) is 9.20. The topological polar surface area (TPSA) is 29.9 Å². The summed E-state index contributed by atoms with van der Waals surface area (Å²) in [5, 5.41) is 7.97. The molecule has 2 aromatic rings. The summed E-state index contributed by atoms with van der Waals surface area (Å²) in [6.45, 7) is 5.05. The lowest BCUT2D eigenvalue weighted by Crippen LogP contribution is -2.32. The molecule has 0 fully saturated rings. The van der Waals surface area contributed by atoms with E-state index in [0.29, 0.717) is 5.92 Å². The number of hydrogen-bond acceptors (Lipinski definition) is 2. The molecular formula is C15H18FN3. The van der Waals surface area contributed by atoms with Crippen molar-refractivity contribution in [3.63, 3.8) is 0 Å². The van der Waals surface area contributed by atoms with Crippen LogP contribution in [0.15, 0.2) is 30.3 Å². The Labute approximate surface area is 112 Å². The number of aryl methyl sites for hydroxylation is 1. The highest BCUT2D eigenvalue weighted by molar-refractivity contribution is 5.42. The minimum atomic E-state index is -0.152. The van der Waals surface area contributed by atoms with Crippen molar-refractivity contribution >= 4 is 5.82 Å². The molecule has 19 heavy (non-hydrogen) atoms. The monoisotopic (exact) mass is 259 g/mol. The van der Waals surface area contributed by atoms with Gasteiger partial charge < -0.3 is 5.32 Å². The molecule has 3 nitrogen and oxygen atoms in total. The van der Waals surface area contributed by atoms with E-state index < -0.39 is 0 Å². The van der Waals surface area contributed by atoms with Gasteiger partial charge in [0.15, 0.2) is 0 Å². The summed E-state index contributed by atoms with van der Waals surface area (Å²) in [6.07, 6.45) is 0.889. The zero-order valence-corrected chi connectivity index (χ0v) is 11.2. The van der Waals surface area contributed by atoms with E-state index in [-0.39, 0.29) is 11.9 Å². The number of fused-ring (bicyclic) bond motifs is 1. The first-order valence-electron chi connectivity index (χ1n) is 6.77. The van der Waals surface area contributed by atoms with Crippen LogP contribution in [-0.2, 0) is 6.42 Å². The SMILES string of the molecule is CCc1cc2n(n1)C(c1ccccc1F)C(C)CN2. The summed E-state index contributed by atoms with van der Waals surface area (Å²) in [7, 11) is 0. The van der Waals surface area contributed by atoms with Crippen molar-refractivity contribution in [2.75, 3.05) is 11.9 Å². The molecule has 0 saturated carbocycles. The lowest BCUT2D eigenvalue weighted by atomic mass is 9.92. The van der Waals surface area contributed by atoms with Gasteiger partial charge in [-0.05, 0) is 12.5 Å². The average molecular weight is 259 g/mol. The van der Waals surface area contributed by atoms with Crippen LogP contribution in [0.4, 0.5) is 10.2 Å². The number of aromatic nitrogens is 2. The van der Waals surface area contributed by atoms with E-state index in [1.54, 1.807) is 6.07 Å². The van der Waals surface area contributed by atoms with Gasteiger partial charge in [-0.1, -0.05) is 32.0 Å². The van der Waals surface area contributed by atoms with Gasteiger partial charge in [0.1, 0.15) is 11.6 Å². The Morgan fingerprint density at radius 1 is 1.42 bits per heavy atom. The highest BCUT2D eigenvalue weighted by Gasteiger charge is 2.30. The minimum absolute atomic E-state index is 0.0299. The minimum Gasteiger partial charge on any atom is -0.370 e. The van der Waals surface area contributed by atoms with E-state index in [0.717, 1.165) is 30.0 Å². The first kappa shape index (κ1) is 12.2. The maximum Gasteiger partial charge on any atom is 0.128 e. The zero-order chi connectivity index (χ0) is 13.4. The number of hydrogen-bond donors (Lipinski definition) is 1. The number of benzene rings is 1. The summed E-state index contributed by atoms with van der Waals surface area (Å²) in [5.74, 6) is 1.14. The van der Waals surface area contributed by atoms with Crippen LogP contribution in [-0.4, -0.2) is 16.3 Å². The predicted molar refractivity (Wildman–Crippen MR) is 73.8 cm³/mol. The maximum absolute atomic E-state index is 14.1. The van der Waals surface area contributed by atoms with Gasteiger partial charge in [-0.15, -0.1) is 0 Å². The maximum atomic E-state index is 14.1. The molecule has 0 spiro atoms. The summed E-state index contributed by atoms with van der Waals surface area (Å²) < 4.78 is 16.0. The van der Waals surface area contributed by atoms with Gasteiger partial charge in [-0.3, -0.25) is 0 Å². The average Bonchev–Trinajstić information content (AvgIpc) is 2.83. The normalized spacial score (nSPS) is 21.8. The largest absolute Gasteiger partial charge is 0.370 e. The van der Waals surface area contributed by atoms with Gasteiger partial charge in [0.05, 0.1) is 11.7 Å². The van der Waals surface area contributed by atoms with Crippen LogP contribution in [0.1, 0.15) is 31.1 Å². The number of nitrogens with one attached hydrogen (secondary N) is 1. The van der Waals surface area contributed by atoms with Crippen molar-refractivity contribution < 1.29 is 4.39 Å². The van der Waals surface area contributed by atoms with E-state index in [9.17, 15) is 4.39 Å². The van der Waals surface area contributed by atoms with E-state index in [2.05, 4.69) is 30.3 Å². The molecule has 1 N–H and O–H groups in total. The first-order valence-corrected chi connectivity index (χ1v) is 6.77. The van der Waals surface area contributed by atoms with Crippen LogP contribution in [0.3, 0.4) is 0 Å². The summed E-state index contributed by atoms with van der Waals surface area (Å²) in [6, 6.07) is 9.02. The third-order valence-electron chi connectivity index (χ3n) is 3.78. The van der Waals surface area contributed by atoms with Crippen LogP contribution in [0.2, 0.25) is 0 Å². The number of halogens is 1. The number of nitrogens with zero attached hydrogens (tertiary/aromatic N) is 2. The predicted octanol–water partition coefficient (Wildman–Crippen LogP) is 3.24. The Kier molecular flexibility index (Phi) is 3.01. The highest BCUT2D eigenvalue weighted by Crippen LogP contribution is 2.34. The lowest BCUT2D eigenvalue weighted by Gasteiger charge is -2.32. The molecule has 0 bridgehead atoms. The molecule has 1 aromatic heterocycles. The molecule has 4 heteroatoms. The van der Waals surface area contributed by atoms with E-state index in [1.807, 2.05) is 16.8 Å². The van der Waals surface area contributed by atoms with E-state index in [1.165, 1.54) is 6.07 Å². The Morgan fingerprint density at radius 3 is 2.95 bits per heavy atom. The summed E-state index contributed by atoms with van der Waals surface area (Å²) in [5.41, 5.74) is 1.77. The van der Waals surface area contributed by atoms with Crippen molar-refractivity contribution in [1.82, 2.24) is 9.78 Å². The third-order valence-corrected chi connectivity index (χ3v) is 3.78. The van der Waals surface area contributed by atoms with Crippen LogP contribution < -0.4 is 5.32 Å². The standard InChI is InChI=1S/C15H18FN3/c1-3-11-8-14-17-9-10(2)15(19(14)18-11)12-6-4-5-7-13(12)16/h4-8,10,15,17H,3,9H2,1-2H3. The Balaban J connectivity index is 2.11. The smallest absolute Gasteiger partial charge is 0.128 e. The molecule has 0 aliphatic carbocycles. The number of rotatable bonds is 2. The van der Waals surface area contributed by atoms with Gasteiger partial charge in [0, 0.05) is 24.1 Å². The van der Waals surface area contributed by atoms with Gasteiger partial charge in [-0.25, -0.2) is 9.07 Å². The van der Waals surface area contributed by atoms with Crippen molar-refractivity contribution in [3.05, 3.63) is 47.4 Å². The fourth-order valence-corrected chi connectivity index (χ4v) is 2.73. The molecular weight excluding hydrogens is 241 g/mol. The second kappa shape index (κ2) is 4.68. The fourth-order valence-electron chi connectivity index (χ4n) is 2.73. The fraction of sp³-hybridized carbons (Fsp3) is 0.400. The molecule has 1 aromatic carbocycles. The molecule has 1 aliphatic rings. The highest BCUT2D eigenvalue weighted by atomic mass is 19.1. The molecule has 0 radical (unpaired) electrons. The summed E-state index contributed by atoms with van der Waals surface area (Å²) in [4.78, 5) is 0. The molecule has 100 valence electrons. The zero-order valence-electron chi connectivity index (χ0n) is 11.2. The van der Waals surface area contributed by atoms with Crippen LogP contribution >= 0.6 is 0 Å². The molecule has 0 saturated heterocycles. The molecule has 3 rings (SSSR count). The molecule has 0 amide bonds. The van der Waals surface area contributed by atoms with Gasteiger partial charge in [-0.2, -0.15) is 5.10 Å². The quantitative estimate of drug-likeness (QED) is 0.897. The van der Waals surface area contributed by atoms with Crippen molar-refractivity contribution in [2.45, 2.75) is 26.3 Å². The Hall–Kier alpha value is -1.84. The van der Waals surface area contributed by atoms with Crippen LogP contribution in [0.25, 0.3) is 0 Å². The second-order valence-electron chi connectivity index (χ2n) is 5.14. The van der Waals surface area contributed by atoms with Crippen LogP contribution in [0, 0.1) is 11.7 Å². The van der Waals surface area contributed by atoms with Crippen molar-refractivity contribution in [3.8, 4) is 0 Å². The summed E-state index contributed by atoms with van der Waals surface area (Å²) >= 11 is 0. The van der Waals surface area contributed by atoms with E-state index >= 15 is 0 Å². The van der Waals surface area contributed by atoms with Gasteiger partial charge >= 0.3 is 0 Å². The van der Waals surface area contributed by atoms with Crippen molar-refractivity contribution in [2.24, 2.45) is 5.92 Å².